The van der Waals surface area contributed by atoms with Crippen molar-refractivity contribution in [2.75, 3.05) is 7.11 Å². The van der Waals surface area contributed by atoms with E-state index in [1.54, 1.807) is 6.26 Å². The Morgan fingerprint density at radius 3 is 2.88 bits per heavy atom. The lowest BCUT2D eigenvalue weighted by Crippen LogP contribution is -2.37. The first kappa shape index (κ1) is 12.8. The maximum atomic E-state index is 11.5. The SMILES string of the molecule is CCC(C(=O)OC)C(C)NCc1ccco1. The first-order chi connectivity index (χ1) is 7.69. The average molecular weight is 225 g/mol. The van der Waals surface area contributed by atoms with Crippen LogP contribution in [0.5, 0.6) is 0 Å². The van der Waals surface area contributed by atoms with E-state index < -0.39 is 0 Å². The van der Waals surface area contributed by atoms with E-state index in [2.05, 4.69) is 5.32 Å². The molecule has 1 aromatic heterocycles. The molecular formula is C12H19NO3. The summed E-state index contributed by atoms with van der Waals surface area (Å²) >= 11 is 0. The summed E-state index contributed by atoms with van der Waals surface area (Å²) in [6, 6.07) is 3.82. The van der Waals surface area contributed by atoms with Gasteiger partial charge in [-0.2, -0.15) is 0 Å². The van der Waals surface area contributed by atoms with Crippen molar-refractivity contribution in [2.24, 2.45) is 5.92 Å². The predicted molar refractivity (Wildman–Crippen MR) is 60.8 cm³/mol. The number of carbonyl (C=O) groups is 1. The van der Waals surface area contributed by atoms with Crippen LogP contribution in [0.1, 0.15) is 26.0 Å². The number of hydrogen-bond acceptors (Lipinski definition) is 4. The topological polar surface area (TPSA) is 51.5 Å². The van der Waals surface area contributed by atoms with Crippen LogP contribution in [0.4, 0.5) is 0 Å². The molecule has 16 heavy (non-hydrogen) atoms. The van der Waals surface area contributed by atoms with Crippen molar-refractivity contribution in [3.05, 3.63) is 24.2 Å². The minimum Gasteiger partial charge on any atom is -0.469 e. The second-order valence-electron chi connectivity index (χ2n) is 3.79. The van der Waals surface area contributed by atoms with Crippen LogP contribution < -0.4 is 5.32 Å². The van der Waals surface area contributed by atoms with Gasteiger partial charge in [-0.25, -0.2) is 0 Å². The van der Waals surface area contributed by atoms with E-state index in [0.29, 0.717) is 6.54 Å². The quantitative estimate of drug-likeness (QED) is 0.752. The minimum atomic E-state index is -0.165. The third-order valence-electron chi connectivity index (χ3n) is 2.73. The van der Waals surface area contributed by atoms with Crippen LogP contribution in [0.25, 0.3) is 0 Å². The number of ether oxygens (including phenoxy) is 1. The lowest BCUT2D eigenvalue weighted by molar-refractivity contribution is -0.146. The van der Waals surface area contributed by atoms with E-state index in [-0.39, 0.29) is 17.9 Å². The van der Waals surface area contributed by atoms with Crippen molar-refractivity contribution in [1.82, 2.24) is 5.32 Å². The number of carbonyl (C=O) groups excluding carboxylic acids is 1. The summed E-state index contributed by atoms with van der Waals surface area (Å²) in [4.78, 5) is 11.5. The highest BCUT2D eigenvalue weighted by Gasteiger charge is 2.23. The summed E-state index contributed by atoms with van der Waals surface area (Å²) in [5, 5.41) is 3.26. The smallest absolute Gasteiger partial charge is 0.310 e. The van der Waals surface area contributed by atoms with Crippen LogP contribution in [0.2, 0.25) is 0 Å². The Morgan fingerprint density at radius 1 is 1.62 bits per heavy atom. The molecule has 1 aromatic rings. The van der Waals surface area contributed by atoms with Crippen LogP contribution in [-0.2, 0) is 16.1 Å². The molecule has 1 rings (SSSR count). The number of furan rings is 1. The third-order valence-corrected chi connectivity index (χ3v) is 2.73. The van der Waals surface area contributed by atoms with Crippen molar-refractivity contribution < 1.29 is 13.9 Å². The van der Waals surface area contributed by atoms with Gasteiger partial charge in [-0.3, -0.25) is 4.79 Å². The predicted octanol–water partition coefficient (Wildman–Crippen LogP) is 1.96. The van der Waals surface area contributed by atoms with Gasteiger partial charge in [-0.15, -0.1) is 0 Å². The minimum absolute atomic E-state index is 0.0718. The zero-order valence-corrected chi connectivity index (χ0v) is 10.0. The normalized spacial score (nSPS) is 14.4. The van der Waals surface area contributed by atoms with Crippen molar-refractivity contribution in [3.8, 4) is 0 Å². The van der Waals surface area contributed by atoms with Crippen LogP contribution in [0.15, 0.2) is 22.8 Å². The summed E-state index contributed by atoms with van der Waals surface area (Å²) in [6.45, 7) is 4.59. The number of nitrogens with one attached hydrogen (secondary N) is 1. The Labute approximate surface area is 96.0 Å². The summed E-state index contributed by atoms with van der Waals surface area (Å²) < 4.78 is 9.96. The molecule has 0 bridgehead atoms. The van der Waals surface area contributed by atoms with Gasteiger partial charge in [0.15, 0.2) is 0 Å². The van der Waals surface area contributed by atoms with Gasteiger partial charge in [0.05, 0.1) is 25.8 Å². The number of rotatable bonds is 6. The molecule has 1 N–H and O–H groups in total. The molecule has 4 heteroatoms. The average Bonchev–Trinajstić information content (AvgIpc) is 2.79. The zero-order valence-electron chi connectivity index (χ0n) is 10.0. The van der Waals surface area contributed by atoms with Crippen molar-refractivity contribution >= 4 is 5.97 Å². The molecular weight excluding hydrogens is 206 g/mol. The molecule has 0 amide bonds. The van der Waals surface area contributed by atoms with Crippen LogP contribution in [-0.4, -0.2) is 19.1 Å². The maximum Gasteiger partial charge on any atom is 0.310 e. The van der Waals surface area contributed by atoms with Gasteiger partial charge < -0.3 is 14.5 Å². The van der Waals surface area contributed by atoms with Crippen molar-refractivity contribution in [2.45, 2.75) is 32.9 Å². The van der Waals surface area contributed by atoms with E-state index in [9.17, 15) is 4.79 Å². The molecule has 0 aliphatic carbocycles. The van der Waals surface area contributed by atoms with Gasteiger partial charge in [0, 0.05) is 6.04 Å². The van der Waals surface area contributed by atoms with E-state index >= 15 is 0 Å². The lowest BCUT2D eigenvalue weighted by atomic mass is 9.98. The molecule has 0 spiro atoms. The first-order valence-electron chi connectivity index (χ1n) is 5.52. The van der Waals surface area contributed by atoms with Crippen molar-refractivity contribution in [3.63, 3.8) is 0 Å². The molecule has 2 atom stereocenters. The highest BCUT2D eigenvalue weighted by Crippen LogP contribution is 2.11. The Balaban J connectivity index is 2.43. The highest BCUT2D eigenvalue weighted by atomic mass is 16.5. The fraction of sp³-hybridized carbons (Fsp3) is 0.583. The highest BCUT2D eigenvalue weighted by molar-refractivity contribution is 5.72. The molecule has 4 nitrogen and oxygen atoms in total. The van der Waals surface area contributed by atoms with Gasteiger partial charge in [-0.1, -0.05) is 6.92 Å². The molecule has 90 valence electrons. The monoisotopic (exact) mass is 225 g/mol. The summed E-state index contributed by atoms with van der Waals surface area (Å²) in [7, 11) is 1.42. The van der Waals surface area contributed by atoms with E-state index in [1.807, 2.05) is 26.0 Å². The molecule has 0 fully saturated rings. The lowest BCUT2D eigenvalue weighted by Gasteiger charge is -2.21. The van der Waals surface area contributed by atoms with Gasteiger partial charge in [0.2, 0.25) is 0 Å². The van der Waals surface area contributed by atoms with Gasteiger partial charge >= 0.3 is 5.97 Å². The fourth-order valence-corrected chi connectivity index (χ4v) is 1.69. The largest absolute Gasteiger partial charge is 0.469 e. The number of methoxy groups -OCH3 is 1. The molecule has 0 radical (unpaired) electrons. The second-order valence-corrected chi connectivity index (χ2v) is 3.79. The standard InChI is InChI=1S/C12H19NO3/c1-4-11(12(14)15-3)9(2)13-8-10-6-5-7-16-10/h5-7,9,11,13H,4,8H2,1-3H3. The Hall–Kier alpha value is -1.29. The molecule has 0 aliphatic heterocycles. The van der Waals surface area contributed by atoms with Crippen LogP contribution in [0, 0.1) is 5.92 Å². The molecule has 0 aromatic carbocycles. The van der Waals surface area contributed by atoms with E-state index in [0.717, 1.165) is 12.2 Å². The molecule has 1 heterocycles. The van der Waals surface area contributed by atoms with Gasteiger partial charge in [0.1, 0.15) is 5.76 Å². The third kappa shape index (κ3) is 3.38. The van der Waals surface area contributed by atoms with Crippen LogP contribution in [0.3, 0.4) is 0 Å². The summed E-state index contributed by atoms with van der Waals surface area (Å²) in [6.07, 6.45) is 2.40. The van der Waals surface area contributed by atoms with E-state index in [4.69, 9.17) is 9.15 Å². The Kier molecular flexibility index (Phi) is 5.05. The summed E-state index contributed by atoms with van der Waals surface area (Å²) in [5.74, 6) is 0.591. The van der Waals surface area contributed by atoms with E-state index in [1.165, 1.54) is 7.11 Å². The maximum absolute atomic E-state index is 11.5. The second kappa shape index (κ2) is 6.33. The molecule has 2 unspecified atom stereocenters. The number of esters is 1. The van der Waals surface area contributed by atoms with Gasteiger partial charge in [0.25, 0.3) is 0 Å². The van der Waals surface area contributed by atoms with Gasteiger partial charge in [-0.05, 0) is 25.5 Å². The summed E-state index contributed by atoms with van der Waals surface area (Å²) in [5.41, 5.74) is 0. The molecule has 0 saturated carbocycles. The molecule has 0 aliphatic rings. The van der Waals surface area contributed by atoms with Crippen molar-refractivity contribution in [1.29, 1.82) is 0 Å². The van der Waals surface area contributed by atoms with Crippen LogP contribution >= 0.6 is 0 Å². The molecule has 0 saturated heterocycles. The Morgan fingerprint density at radius 2 is 2.38 bits per heavy atom. The zero-order chi connectivity index (χ0) is 12.0. The Bertz CT molecular complexity index is 308. The number of hydrogen-bond donors (Lipinski definition) is 1. The first-order valence-corrected chi connectivity index (χ1v) is 5.52. The fourth-order valence-electron chi connectivity index (χ4n) is 1.69.